The molecule has 0 aliphatic carbocycles. The Labute approximate surface area is 213 Å². The van der Waals surface area contributed by atoms with Gasteiger partial charge in [0.1, 0.15) is 11.3 Å². The van der Waals surface area contributed by atoms with Crippen molar-refractivity contribution in [3.8, 4) is 5.75 Å². The van der Waals surface area contributed by atoms with Gasteiger partial charge in [-0.05, 0) is 30.2 Å². The van der Waals surface area contributed by atoms with E-state index in [1.807, 2.05) is 12.1 Å². The lowest BCUT2D eigenvalue weighted by Gasteiger charge is -2.07. The quantitative estimate of drug-likeness (QED) is 0.0576. The largest absolute Gasteiger partial charge is 0.494 e. The molecule has 5 nitrogen and oxygen atoms in total. The number of hydrogen-bond donors (Lipinski definition) is 0. The highest BCUT2D eigenvalue weighted by Crippen LogP contribution is 2.17. The molecule has 0 fully saturated rings. The van der Waals surface area contributed by atoms with Gasteiger partial charge in [0, 0.05) is 0 Å². The van der Waals surface area contributed by atoms with Gasteiger partial charge >= 0.3 is 11.9 Å². The molecule has 0 N–H and O–H groups in total. The number of benzene rings is 1. The highest BCUT2D eigenvalue weighted by atomic mass is 16.5. The van der Waals surface area contributed by atoms with E-state index in [4.69, 9.17) is 4.74 Å². The first kappa shape index (κ1) is 30.7. The number of unbranched alkanes of at least 4 members (excludes halogenated alkanes) is 15. The third-order valence-electron chi connectivity index (χ3n) is 6.27. The predicted molar refractivity (Wildman–Crippen MR) is 143 cm³/mol. The molecule has 0 heterocycles. The molecule has 0 saturated carbocycles. The summed E-state index contributed by atoms with van der Waals surface area (Å²) in [6.07, 6.45) is 23.1. The summed E-state index contributed by atoms with van der Waals surface area (Å²) in [4.78, 5) is 23.5. The Morgan fingerprint density at radius 3 is 1.43 bits per heavy atom. The van der Waals surface area contributed by atoms with Crippen LogP contribution in [0.3, 0.4) is 0 Å². The number of hydrogen-bond acceptors (Lipinski definition) is 5. The summed E-state index contributed by atoms with van der Waals surface area (Å²) in [5, 5.41) is 0. The molecular weight excluding hydrogens is 440 g/mol. The SMILES string of the molecule is CCCCCCCCCCCCCCCCCCOc1ccc(C=C(C(=O)OC)C(=O)OC)cc1. The van der Waals surface area contributed by atoms with E-state index >= 15 is 0 Å². The highest BCUT2D eigenvalue weighted by molar-refractivity contribution is 6.17. The lowest BCUT2D eigenvalue weighted by Crippen LogP contribution is -2.15. The van der Waals surface area contributed by atoms with Gasteiger partial charge in [0.15, 0.2) is 0 Å². The maximum Gasteiger partial charge on any atom is 0.345 e. The van der Waals surface area contributed by atoms with Crippen LogP contribution in [0.4, 0.5) is 0 Å². The summed E-state index contributed by atoms with van der Waals surface area (Å²) in [7, 11) is 2.46. The van der Waals surface area contributed by atoms with Crippen LogP contribution in [0.1, 0.15) is 115 Å². The van der Waals surface area contributed by atoms with E-state index in [9.17, 15) is 9.59 Å². The zero-order chi connectivity index (χ0) is 25.6. The van der Waals surface area contributed by atoms with Gasteiger partial charge < -0.3 is 14.2 Å². The van der Waals surface area contributed by atoms with Gasteiger partial charge in [0.2, 0.25) is 0 Å². The Hall–Kier alpha value is -2.30. The lowest BCUT2D eigenvalue weighted by molar-refractivity contribution is -0.143. The summed E-state index contributed by atoms with van der Waals surface area (Å²) < 4.78 is 15.1. The minimum Gasteiger partial charge on any atom is -0.494 e. The first-order valence-corrected chi connectivity index (χ1v) is 13.7. The molecular formula is C30H48O5. The van der Waals surface area contributed by atoms with Crippen LogP contribution in [0.25, 0.3) is 6.08 Å². The number of esters is 2. The Bertz CT molecular complexity index is 690. The van der Waals surface area contributed by atoms with Crippen molar-refractivity contribution in [1.29, 1.82) is 0 Å². The van der Waals surface area contributed by atoms with E-state index in [1.165, 1.54) is 117 Å². The molecule has 5 heteroatoms. The highest BCUT2D eigenvalue weighted by Gasteiger charge is 2.19. The standard InChI is InChI=1S/C30H48O5/c1-4-5-6-7-8-9-10-11-12-13-14-15-16-17-18-19-24-35-27-22-20-26(21-23-27)25-28(29(31)33-2)30(32)34-3/h20-23,25H,4-19,24H2,1-3H3. The molecule has 0 atom stereocenters. The van der Waals surface area contributed by atoms with Gasteiger partial charge in [-0.1, -0.05) is 115 Å². The van der Waals surface area contributed by atoms with Gasteiger partial charge in [-0.15, -0.1) is 0 Å². The molecule has 0 unspecified atom stereocenters. The Morgan fingerprint density at radius 2 is 1.03 bits per heavy atom. The fourth-order valence-corrected chi connectivity index (χ4v) is 4.09. The lowest BCUT2D eigenvalue weighted by atomic mass is 10.0. The van der Waals surface area contributed by atoms with Crippen molar-refractivity contribution >= 4 is 18.0 Å². The van der Waals surface area contributed by atoms with Gasteiger partial charge in [0.05, 0.1) is 20.8 Å². The van der Waals surface area contributed by atoms with Crippen molar-refractivity contribution in [2.45, 2.75) is 110 Å². The minimum absolute atomic E-state index is 0.142. The summed E-state index contributed by atoms with van der Waals surface area (Å²) in [6, 6.07) is 7.28. The van der Waals surface area contributed by atoms with E-state index in [0.29, 0.717) is 12.2 Å². The Morgan fingerprint density at radius 1 is 0.629 bits per heavy atom. The second kappa shape index (κ2) is 21.0. The first-order valence-electron chi connectivity index (χ1n) is 13.7. The van der Waals surface area contributed by atoms with Crippen LogP contribution in [0, 0.1) is 0 Å². The smallest absolute Gasteiger partial charge is 0.345 e. The van der Waals surface area contributed by atoms with Crippen molar-refractivity contribution in [2.24, 2.45) is 0 Å². The van der Waals surface area contributed by atoms with Gasteiger partial charge in [-0.25, -0.2) is 9.59 Å². The summed E-state index contributed by atoms with van der Waals surface area (Å²) in [5.41, 5.74) is 0.558. The number of carbonyl (C=O) groups excluding carboxylic acids is 2. The third-order valence-corrected chi connectivity index (χ3v) is 6.27. The average Bonchev–Trinajstić information content (AvgIpc) is 2.89. The van der Waals surface area contributed by atoms with Crippen molar-refractivity contribution < 1.29 is 23.8 Å². The molecule has 0 aliphatic heterocycles. The zero-order valence-electron chi connectivity index (χ0n) is 22.4. The van der Waals surface area contributed by atoms with Gasteiger partial charge in [-0.2, -0.15) is 0 Å². The van der Waals surface area contributed by atoms with Crippen LogP contribution >= 0.6 is 0 Å². The summed E-state index contributed by atoms with van der Waals surface area (Å²) in [6.45, 7) is 2.97. The molecule has 0 aliphatic rings. The van der Waals surface area contributed by atoms with E-state index in [0.717, 1.165) is 12.2 Å². The average molecular weight is 489 g/mol. The van der Waals surface area contributed by atoms with Crippen LogP contribution in [-0.4, -0.2) is 32.8 Å². The normalized spacial score (nSPS) is 10.6. The number of rotatable bonds is 21. The van der Waals surface area contributed by atoms with Crippen LogP contribution in [0.2, 0.25) is 0 Å². The van der Waals surface area contributed by atoms with E-state index < -0.39 is 11.9 Å². The van der Waals surface area contributed by atoms with E-state index in [-0.39, 0.29) is 5.57 Å². The minimum atomic E-state index is -0.722. The predicted octanol–water partition coefficient (Wildman–Crippen LogP) is 8.06. The first-order chi connectivity index (χ1) is 17.1. The molecule has 198 valence electrons. The van der Waals surface area contributed by atoms with Crippen molar-refractivity contribution in [3.05, 3.63) is 35.4 Å². The van der Waals surface area contributed by atoms with Gasteiger partial charge in [0.25, 0.3) is 0 Å². The molecule has 0 spiro atoms. The van der Waals surface area contributed by atoms with Crippen molar-refractivity contribution in [1.82, 2.24) is 0 Å². The molecule has 1 aromatic carbocycles. The Balaban J connectivity index is 2.05. The topological polar surface area (TPSA) is 61.8 Å². The second-order valence-corrected chi connectivity index (χ2v) is 9.26. The second-order valence-electron chi connectivity index (χ2n) is 9.26. The number of methoxy groups -OCH3 is 2. The van der Waals surface area contributed by atoms with Gasteiger partial charge in [-0.3, -0.25) is 0 Å². The Kier molecular flexibility index (Phi) is 18.5. The molecule has 0 bridgehead atoms. The van der Waals surface area contributed by atoms with Crippen LogP contribution in [-0.2, 0) is 19.1 Å². The van der Waals surface area contributed by atoms with Crippen LogP contribution in [0.5, 0.6) is 5.75 Å². The summed E-state index contributed by atoms with van der Waals surface area (Å²) in [5.74, 6) is -0.665. The summed E-state index contributed by atoms with van der Waals surface area (Å²) >= 11 is 0. The van der Waals surface area contributed by atoms with Crippen molar-refractivity contribution in [2.75, 3.05) is 20.8 Å². The third kappa shape index (κ3) is 15.3. The fraction of sp³-hybridized carbons (Fsp3) is 0.667. The van der Waals surface area contributed by atoms with Crippen molar-refractivity contribution in [3.63, 3.8) is 0 Å². The molecule has 0 saturated heterocycles. The molecule has 0 aromatic heterocycles. The number of carbonyl (C=O) groups is 2. The molecule has 35 heavy (non-hydrogen) atoms. The number of ether oxygens (including phenoxy) is 3. The molecule has 1 aromatic rings. The zero-order valence-corrected chi connectivity index (χ0v) is 22.4. The van der Waals surface area contributed by atoms with E-state index in [1.54, 1.807) is 12.1 Å². The van der Waals surface area contributed by atoms with E-state index in [2.05, 4.69) is 16.4 Å². The maximum atomic E-state index is 11.8. The molecule has 1 rings (SSSR count). The molecule has 0 radical (unpaired) electrons. The van der Waals surface area contributed by atoms with Crippen LogP contribution in [0.15, 0.2) is 29.8 Å². The molecule has 0 amide bonds. The fourth-order valence-electron chi connectivity index (χ4n) is 4.09. The van der Waals surface area contributed by atoms with Crippen LogP contribution < -0.4 is 4.74 Å². The monoisotopic (exact) mass is 488 g/mol. The maximum absolute atomic E-state index is 11.8.